The molecule has 1 aliphatic rings. The fourth-order valence-electron chi connectivity index (χ4n) is 2.28. The molecule has 0 aromatic rings. The molecule has 3 heteroatoms. The van der Waals surface area contributed by atoms with Gasteiger partial charge < -0.3 is 10.1 Å². The van der Waals surface area contributed by atoms with E-state index in [-0.39, 0.29) is 0 Å². The van der Waals surface area contributed by atoms with Crippen molar-refractivity contribution in [3.8, 4) is 0 Å². The molecule has 0 amide bonds. The van der Waals surface area contributed by atoms with E-state index in [1.807, 2.05) is 11.8 Å². The van der Waals surface area contributed by atoms with Gasteiger partial charge in [-0.25, -0.2) is 0 Å². The highest BCUT2D eigenvalue weighted by Crippen LogP contribution is 2.22. The van der Waals surface area contributed by atoms with Crippen molar-refractivity contribution in [1.82, 2.24) is 5.32 Å². The summed E-state index contributed by atoms with van der Waals surface area (Å²) in [6, 6.07) is 0.544. The van der Waals surface area contributed by atoms with E-state index in [1.54, 1.807) is 0 Å². The largest absolute Gasteiger partial charge is 0.375 e. The zero-order valence-corrected chi connectivity index (χ0v) is 11.1. The van der Waals surface area contributed by atoms with E-state index in [1.165, 1.54) is 12.8 Å². The van der Waals surface area contributed by atoms with E-state index < -0.39 is 0 Å². The Kier molecular flexibility index (Phi) is 6.69. The number of hydrogen-bond donors (Lipinski definition) is 1. The minimum absolute atomic E-state index is 0.422. The van der Waals surface area contributed by atoms with E-state index in [9.17, 15) is 0 Å². The van der Waals surface area contributed by atoms with Crippen molar-refractivity contribution >= 4 is 11.8 Å². The second-order valence-electron chi connectivity index (χ2n) is 4.33. The van der Waals surface area contributed by atoms with Gasteiger partial charge in [0.25, 0.3) is 0 Å². The third-order valence-corrected chi connectivity index (χ3v) is 4.06. The molecule has 0 bridgehead atoms. The van der Waals surface area contributed by atoms with Crippen LogP contribution in [0.3, 0.4) is 0 Å². The lowest BCUT2D eigenvalue weighted by Gasteiger charge is -2.34. The molecule has 3 unspecified atom stereocenters. The number of likely N-dealkylation sites (N-methyl/N-ethyl adjacent to an activating group) is 1. The lowest BCUT2D eigenvalue weighted by atomic mass is 9.93. The summed E-state index contributed by atoms with van der Waals surface area (Å²) in [4.78, 5) is 0. The lowest BCUT2D eigenvalue weighted by Crippen LogP contribution is -2.48. The summed E-state index contributed by atoms with van der Waals surface area (Å²) in [5, 5.41) is 3.60. The van der Waals surface area contributed by atoms with Gasteiger partial charge in [0.05, 0.1) is 12.7 Å². The van der Waals surface area contributed by atoms with Crippen molar-refractivity contribution in [1.29, 1.82) is 0 Å². The van der Waals surface area contributed by atoms with Crippen LogP contribution >= 0.6 is 11.8 Å². The Hall–Kier alpha value is 0.270. The van der Waals surface area contributed by atoms with Crippen LogP contribution in [0.5, 0.6) is 0 Å². The van der Waals surface area contributed by atoms with Gasteiger partial charge in [0.2, 0.25) is 0 Å². The third kappa shape index (κ3) is 4.33. The molecule has 3 atom stereocenters. The second kappa shape index (κ2) is 7.53. The Labute approximate surface area is 98.5 Å². The molecule has 1 fully saturated rings. The van der Waals surface area contributed by atoms with Crippen LogP contribution in [0.25, 0.3) is 0 Å². The number of nitrogens with one attached hydrogen (secondary N) is 1. The number of thioether (sulfide) groups is 1. The van der Waals surface area contributed by atoms with Crippen LogP contribution in [0.1, 0.15) is 33.6 Å². The summed E-state index contributed by atoms with van der Waals surface area (Å²) in [5.74, 6) is 3.04. The summed E-state index contributed by atoms with van der Waals surface area (Å²) in [7, 11) is 0. The van der Waals surface area contributed by atoms with Crippen LogP contribution in [0.15, 0.2) is 0 Å². The molecule has 0 saturated carbocycles. The van der Waals surface area contributed by atoms with Crippen molar-refractivity contribution in [2.24, 2.45) is 5.92 Å². The normalized spacial score (nSPS) is 26.2. The zero-order chi connectivity index (χ0) is 11.1. The molecule has 0 spiro atoms. The van der Waals surface area contributed by atoms with Gasteiger partial charge >= 0.3 is 0 Å². The summed E-state index contributed by atoms with van der Waals surface area (Å²) < 4.78 is 5.88. The van der Waals surface area contributed by atoms with Crippen molar-refractivity contribution in [2.75, 3.05) is 24.7 Å². The first-order valence-corrected chi connectivity index (χ1v) is 7.37. The predicted octanol–water partition coefficient (Wildman–Crippen LogP) is 2.53. The Morgan fingerprint density at radius 2 is 2.27 bits per heavy atom. The molecule has 1 aliphatic heterocycles. The Bertz CT molecular complexity index is 160. The summed E-state index contributed by atoms with van der Waals surface area (Å²) in [6.07, 6.45) is 2.98. The van der Waals surface area contributed by atoms with Gasteiger partial charge in [0.1, 0.15) is 0 Å². The van der Waals surface area contributed by atoms with Crippen molar-refractivity contribution in [3.05, 3.63) is 0 Å². The minimum Gasteiger partial charge on any atom is -0.375 e. The molecule has 2 nitrogen and oxygen atoms in total. The van der Waals surface area contributed by atoms with Gasteiger partial charge in [-0.3, -0.25) is 0 Å². The molecule has 90 valence electrons. The van der Waals surface area contributed by atoms with Gasteiger partial charge in [-0.05, 0) is 18.9 Å². The van der Waals surface area contributed by atoms with Gasteiger partial charge in [-0.15, -0.1) is 0 Å². The molecule has 0 aromatic carbocycles. The van der Waals surface area contributed by atoms with Crippen LogP contribution in [-0.4, -0.2) is 36.8 Å². The molecule has 1 rings (SSSR count). The Morgan fingerprint density at radius 3 is 2.80 bits per heavy atom. The van der Waals surface area contributed by atoms with Gasteiger partial charge in [0.15, 0.2) is 0 Å². The molecular weight excluding hydrogens is 206 g/mol. The van der Waals surface area contributed by atoms with Crippen LogP contribution in [-0.2, 0) is 4.74 Å². The van der Waals surface area contributed by atoms with Gasteiger partial charge in [-0.2, -0.15) is 11.8 Å². The first kappa shape index (κ1) is 13.3. The molecule has 0 aliphatic carbocycles. The van der Waals surface area contributed by atoms with Crippen molar-refractivity contribution < 1.29 is 4.74 Å². The van der Waals surface area contributed by atoms with Crippen LogP contribution in [0.4, 0.5) is 0 Å². The highest BCUT2D eigenvalue weighted by molar-refractivity contribution is 7.99. The first-order valence-electron chi connectivity index (χ1n) is 6.22. The molecule has 1 N–H and O–H groups in total. The van der Waals surface area contributed by atoms with Crippen LogP contribution < -0.4 is 5.32 Å². The highest BCUT2D eigenvalue weighted by Gasteiger charge is 2.28. The first-order chi connectivity index (χ1) is 7.29. The fourth-order valence-corrected chi connectivity index (χ4v) is 3.20. The zero-order valence-electron chi connectivity index (χ0n) is 10.3. The van der Waals surface area contributed by atoms with Crippen molar-refractivity contribution in [2.45, 2.75) is 45.8 Å². The molecular formula is C12H25NOS. The molecule has 15 heavy (non-hydrogen) atoms. The van der Waals surface area contributed by atoms with E-state index in [2.05, 4.69) is 26.1 Å². The molecule has 0 aromatic heterocycles. The average molecular weight is 231 g/mol. The SMILES string of the molecule is CCCC(C)C(NCC)C1CSCCO1. The van der Waals surface area contributed by atoms with Crippen molar-refractivity contribution in [3.63, 3.8) is 0 Å². The maximum Gasteiger partial charge on any atom is 0.0821 e. The molecule has 1 heterocycles. The quantitative estimate of drug-likeness (QED) is 0.759. The van der Waals surface area contributed by atoms with E-state index in [0.29, 0.717) is 12.1 Å². The summed E-state index contributed by atoms with van der Waals surface area (Å²) in [5.41, 5.74) is 0. The average Bonchev–Trinajstić information content (AvgIpc) is 2.27. The Balaban J connectivity index is 2.46. The van der Waals surface area contributed by atoms with E-state index >= 15 is 0 Å². The summed E-state index contributed by atoms with van der Waals surface area (Å²) in [6.45, 7) is 8.76. The van der Waals surface area contributed by atoms with Crippen LogP contribution in [0.2, 0.25) is 0 Å². The number of hydrogen-bond acceptors (Lipinski definition) is 3. The topological polar surface area (TPSA) is 21.3 Å². The maximum absolute atomic E-state index is 5.88. The molecule has 0 radical (unpaired) electrons. The second-order valence-corrected chi connectivity index (χ2v) is 5.48. The lowest BCUT2D eigenvalue weighted by molar-refractivity contribution is 0.0312. The van der Waals surface area contributed by atoms with E-state index in [4.69, 9.17) is 4.74 Å². The minimum atomic E-state index is 0.422. The van der Waals surface area contributed by atoms with Crippen LogP contribution in [0, 0.1) is 5.92 Å². The predicted molar refractivity (Wildman–Crippen MR) is 68.6 cm³/mol. The third-order valence-electron chi connectivity index (χ3n) is 3.04. The monoisotopic (exact) mass is 231 g/mol. The Morgan fingerprint density at radius 1 is 1.47 bits per heavy atom. The fraction of sp³-hybridized carbons (Fsp3) is 1.00. The van der Waals surface area contributed by atoms with Gasteiger partial charge in [-0.1, -0.05) is 27.2 Å². The summed E-state index contributed by atoms with van der Waals surface area (Å²) >= 11 is 2.03. The van der Waals surface area contributed by atoms with Gasteiger partial charge in [0, 0.05) is 17.5 Å². The smallest absolute Gasteiger partial charge is 0.0821 e. The number of ether oxygens (including phenoxy) is 1. The maximum atomic E-state index is 5.88. The van der Waals surface area contributed by atoms with E-state index in [0.717, 1.165) is 30.6 Å². The number of rotatable bonds is 6. The standard InChI is InChI=1S/C12H25NOS/c1-4-6-10(3)12(13-5-2)11-9-15-8-7-14-11/h10-13H,4-9H2,1-3H3. The highest BCUT2D eigenvalue weighted by atomic mass is 32.2. The molecule has 1 saturated heterocycles.